The first-order valence-corrected chi connectivity index (χ1v) is 7.52. The molecule has 1 aromatic carbocycles. The number of thioether (sulfide) groups is 1. The van der Waals surface area contributed by atoms with Crippen LogP contribution in [0.4, 0.5) is 5.69 Å². The van der Waals surface area contributed by atoms with E-state index in [0.29, 0.717) is 0 Å². The Kier molecular flexibility index (Phi) is 4.60. The van der Waals surface area contributed by atoms with Crippen LogP contribution in [0.1, 0.15) is 25.0 Å². The molecule has 1 atom stereocenters. The van der Waals surface area contributed by atoms with Gasteiger partial charge in [-0.1, -0.05) is 17.7 Å². The summed E-state index contributed by atoms with van der Waals surface area (Å²) in [5.41, 5.74) is 1.97. The molecule has 0 aromatic heterocycles. The van der Waals surface area contributed by atoms with E-state index in [1.165, 1.54) is 12.2 Å². The summed E-state index contributed by atoms with van der Waals surface area (Å²) in [5, 5.41) is 10.3. The molecule has 17 heavy (non-hydrogen) atoms. The van der Waals surface area contributed by atoms with Gasteiger partial charge >= 0.3 is 0 Å². The Hall–Kier alpha value is -0.380. The Morgan fingerprint density at radius 2 is 2.18 bits per heavy atom. The molecular formula is C13H18ClNOS. The molecular weight excluding hydrogens is 254 g/mol. The van der Waals surface area contributed by atoms with Crippen molar-refractivity contribution in [1.82, 2.24) is 0 Å². The molecule has 1 aromatic rings. The molecule has 0 amide bonds. The van der Waals surface area contributed by atoms with Crippen LogP contribution >= 0.6 is 23.4 Å². The van der Waals surface area contributed by atoms with Crippen molar-refractivity contribution < 1.29 is 5.11 Å². The van der Waals surface area contributed by atoms with Gasteiger partial charge in [0.25, 0.3) is 0 Å². The third kappa shape index (κ3) is 3.30. The third-order valence-electron chi connectivity index (χ3n) is 3.02. The van der Waals surface area contributed by atoms with Crippen molar-refractivity contribution in [2.45, 2.75) is 19.4 Å². The largest absolute Gasteiger partial charge is 0.389 e. The monoisotopic (exact) mass is 271 g/mol. The molecule has 1 heterocycles. The highest BCUT2D eigenvalue weighted by atomic mass is 35.5. The number of aliphatic hydroxyl groups excluding tert-OH is 1. The lowest BCUT2D eigenvalue weighted by molar-refractivity contribution is 0.199. The van der Waals surface area contributed by atoms with Gasteiger partial charge < -0.3 is 10.0 Å². The maximum Gasteiger partial charge on any atom is 0.0762 e. The molecule has 1 N–H and O–H groups in total. The molecule has 2 rings (SSSR count). The molecule has 1 unspecified atom stereocenters. The highest BCUT2D eigenvalue weighted by Crippen LogP contribution is 2.30. The van der Waals surface area contributed by atoms with Gasteiger partial charge in [-0.2, -0.15) is 11.8 Å². The van der Waals surface area contributed by atoms with Gasteiger partial charge in [0.15, 0.2) is 0 Å². The van der Waals surface area contributed by atoms with Gasteiger partial charge in [0.05, 0.1) is 16.8 Å². The summed E-state index contributed by atoms with van der Waals surface area (Å²) >= 11 is 8.30. The van der Waals surface area contributed by atoms with E-state index >= 15 is 0 Å². The smallest absolute Gasteiger partial charge is 0.0762 e. The lowest BCUT2D eigenvalue weighted by Gasteiger charge is -2.24. The highest BCUT2D eigenvalue weighted by molar-refractivity contribution is 7.99. The van der Waals surface area contributed by atoms with Gasteiger partial charge in [-0.25, -0.2) is 0 Å². The number of benzene rings is 1. The van der Waals surface area contributed by atoms with Crippen LogP contribution in [0.15, 0.2) is 18.2 Å². The number of anilines is 1. The summed E-state index contributed by atoms with van der Waals surface area (Å²) in [5.74, 6) is 2.40. The standard InChI is InChI=1S/C13H18ClNOS/c1-10(16)11-3-4-13(12(14)9-11)15-5-2-7-17-8-6-15/h3-4,9-10,16H,2,5-8H2,1H3. The van der Waals surface area contributed by atoms with E-state index < -0.39 is 6.10 Å². The van der Waals surface area contributed by atoms with Crippen LogP contribution in [0.5, 0.6) is 0 Å². The molecule has 0 saturated carbocycles. The molecule has 94 valence electrons. The molecule has 1 aliphatic rings. The summed E-state index contributed by atoms with van der Waals surface area (Å²) in [4.78, 5) is 2.34. The highest BCUT2D eigenvalue weighted by Gasteiger charge is 2.14. The minimum Gasteiger partial charge on any atom is -0.389 e. The van der Waals surface area contributed by atoms with Crippen molar-refractivity contribution in [2.24, 2.45) is 0 Å². The summed E-state index contributed by atoms with van der Waals surface area (Å²) < 4.78 is 0. The second-order valence-electron chi connectivity index (χ2n) is 4.34. The molecule has 0 aliphatic carbocycles. The van der Waals surface area contributed by atoms with Gasteiger partial charge in [0.1, 0.15) is 0 Å². The first kappa shape index (κ1) is 13.1. The Bertz CT molecular complexity index is 376. The van der Waals surface area contributed by atoms with E-state index in [4.69, 9.17) is 11.6 Å². The molecule has 1 aliphatic heterocycles. The number of nitrogens with zero attached hydrogens (tertiary/aromatic N) is 1. The maximum atomic E-state index is 9.52. The van der Waals surface area contributed by atoms with Crippen molar-refractivity contribution in [3.05, 3.63) is 28.8 Å². The van der Waals surface area contributed by atoms with Crippen molar-refractivity contribution in [3.63, 3.8) is 0 Å². The summed E-state index contributed by atoms with van der Waals surface area (Å²) in [7, 11) is 0. The van der Waals surface area contributed by atoms with E-state index in [1.807, 2.05) is 30.0 Å². The van der Waals surface area contributed by atoms with Crippen molar-refractivity contribution in [1.29, 1.82) is 0 Å². The van der Waals surface area contributed by atoms with E-state index in [1.54, 1.807) is 6.92 Å². The summed E-state index contributed by atoms with van der Waals surface area (Å²) in [6.07, 6.45) is 0.750. The maximum absolute atomic E-state index is 9.52. The Labute approximate surface area is 112 Å². The number of hydrogen-bond donors (Lipinski definition) is 1. The Balaban J connectivity index is 2.19. The first-order valence-electron chi connectivity index (χ1n) is 5.98. The molecule has 0 radical (unpaired) electrons. The van der Waals surface area contributed by atoms with E-state index in [9.17, 15) is 5.11 Å². The van der Waals surface area contributed by atoms with Crippen LogP contribution in [0.2, 0.25) is 5.02 Å². The van der Waals surface area contributed by atoms with Crippen LogP contribution < -0.4 is 4.90 Å². The molecule has 1 fully saturated rings. The Morgan fingerprint density at radius 1 is 1.35 bits per heavy atom. The average Bonchev–Trinajstić information content (AvgIpc) is 2.57. The SMILES string of the molecule is CC(O)c1ccc(N2CCCSCC2)c(Cl)c1. The quantitative estimate of drug-likeness (QED) is 0.893. The topological polar surface area (TPSA) is 23.5 Å². The number of halogens is 1. The van der Waals surface area contributed by atoms with E-state index in [-0.39, 0.29) is 0 Å². The van der Waals surface area contributed by atoms with Crippen LogP contribution in [0, 0.1) is 0 Å². The second kappa shape index (κ2) is 5.98. The molecule has 1 saturated heterocycles. The third-order valence-corrected chi connectivity index (χ3v) is 4.37. The molecule has 2 nitrogen and oxygen atoms in total. The van der Waals surface area contributed by atoms with Crippen molar-refractivity contribution in [2.75, 3.05) is 29.5 Å². The molecule has 4 heteroatoms. The van der Waals surface area contributed by atoms with E-state index in [2.05, 4.69) is 4.90 Å². The fourth-order valence-corrected chi connectivity index (χ4v) is 3.22. The average molecular weight is 272 g/mol. The number of rotatable bonds is 2. The molecule has 0 bridgehead atoms. The lowest BCUT2D eigenvalue weighted by atomic mass is 10.1. The van der Waals surface area contributed by atoms with Gasteiger partial charge in [-0.15, -0.1) is 0 Å². The van der Waals surface area contributed by atoms with Gasteiger partial charge in [-0.05, 0) is 36.8 Å². The van der Waals surface area contributed by atoms with Crippen molar-refractivity contribution in [3.8, 4) is 0 Å². The van der Waals surface area contributed by atoms with Gasteiger partial charge in [0.2, 0.25) is 0 Å². The minimum atomic E-state index is -0.457. The number of aliphatic hydroxyl groups is 1. The van der Waals surface area contributed by atoms with Gasteiger partial charge in [-0.3, -0.25) is 0 Å². The number of hydrogen-bond acceptors (Lipinski definition) is 3. The lowest BCUT2D eigenvalue weighted by Crippen LogP contribution is -2.25. The Morgan fingerprint density at radius 3 is 2.88 bits per heavy atom. The van der Waals surface area contributed by atoms with Crippen LogP contribution in [0.25, 0.3) is 0 Å². The normalized spacial score (nSPS) is 18.9. The zero-order chi connectivity index (χ0) is 12.3. The fraction of sp³-hybridized carbons (Fsp3) is 0.538. The van der Waals surface area contributed by atoms with Crippen molar-refractivity contribution >= 4 is 29.1 Å². The zero-order valence-electron chi connectivity index (χ0n) is 10.0. The van der Waals surface area contributed by atoms with Gasteiger partial charge in [0, 0.05) is 18.8 Å². The predicted octanol–water partition coefficient (Wildman–Crippen LogP) is 3.34. The fourth-order valence-electron chi connectivity index (χ4n) is 2.03. The van der Waals surface area contributed by atoms with Crippen LogP contribution in [0.3, 0.4) is 0 Å². The zero-order valence-corrected chi connectivity index (χ0v) is 11.6. The molecule has 0 spiro atoms. The predicted molar refractivity (Wildman–Crippen MR) is 76.2 cm³/mol. The van der Waals surface area contributed by atoms with E-state index in [0.717, 1.165) is 35.1 Å². The first-order chi connectivity index (χ1) is 8.18. The van der Waals surface area contributed by atoms with Crippen LogP contribution in [-0.2, 0) is 0 Å². The summed E-state index contributed by atoms with van der Waals surface area (Å²) in [6.45, 7) is 3.88. The second-order valence-corrected chi connectivity index (χ2v) is 5.97. The summed E-state index contributed by atoms with van der Waals surface area (Å²) in [6, 6.07) is 5.86. The minimum absolute atomic E-state index is 0.457. The van der Waals surface area contributed by atoms with Crippen LogP contribution in [-0.4, -0.2) is 29.7 Å².